The van der Waals surface area contributed by atoms with E-state index in [1.165, 1.54) is 11.3 Å². The monoisotopic (exact) mass is 238 g/mol. The second-order valence-electron chi connectivity index (χ2n) is 3.11. The molecule has 15 heavy (non-hydrogen) atoms. The fraction of sp³-hybridized carbons (Fsp3) is 0.222. The van der Waals surface area contributed by atoms with Crippen LogP contribution in [0.15, 0.2) is 24.5 Å². The number of aromatic amines is 1. The van der Waals surface area contributed by atoms with Gasteiger partial charge in [-0.1, -0.05) is 17.4 Å². The van der Waals surface area contributed by atoms with Crippen molar-refractivity contribution < 1.29 is 0 Å². The Bertz CT molecular complexity index is 476. The number of H-pyrrole nitrogens is 1. The molecule has 0 aliphatic rings. The van der Waals surface area contributed by atoms with Gasteiger partial charge in [-0.25, -0.2) is 0 Å². The lowest BCUT2D eigenvalue weighted by Crippen LogP contribution is -2.16. The molecule has 0 aromatic carbocycles. The van der Waals surface area contributed by atoms with Crippen LogP contribution in [-0.4, -0.2) is 22.2 Å². The standard InChI is InChI=1S/C9H10N4S2/c1-13(8-11-12-9(14)15-8)6-7-3-2-4-10-5-7/h2-5H,6H2,1H3,(H,12,14). The fourth-order valence-corrected chi connectivity index (χ4v) is 2.06. The van der Waals surface area contributed by atoms with Crippen molar-refractivity contribution in [2.75, 3.05) is 11.9 Å². The third kappa shape index (κ3) is 2.60. The normalized spacial score (nSPS) is 10.2. The topological polar surface area (TPSA) is 44.8 Å². The van der Waals surface area contributed by atoms with E-state index in [2.05, 4.69) is 15.2 Å². The molecule has 0 radical (unpaired) electrons. The second-order valence-corrected chi connectivity index (χ2v) is 4.76. The second kappa shape index (κ2) is 4.50. The van der Waals surface area contributed by atoms with Crippen molar-refractivity contribution in [3.8, 4) is 0 Å². The molecular formula is C9H10N4S2. The van der Waals surface area contributed by atoms with Gasteiger partial charge >= 0.3 is 0 Å². The van der Waals surface area contributed by atoms with E-state index in [4.69, 9.17) is 12.2 Å². The Morgan fingerprint density at radius 1 is 1.60 bits per heavy atom. The number of hydrogen-bond donors (Lipinski definition) is 1. The summed E-state index contributed by atoms with van der Waals surface area (Å²) in [6.07, 6.45) is 3.62. The highest BCUT2D eigenvalue weighted by Gasteiger charge is 2.05. The Morgan fingerprint density at radius 3 is 3.07 bits per heavy atom. The van der Waals surface area contributed by atoms with E-state index in [-0.39, 0.29) is 0 Å². The lowest BCUT2D eigenvalue weighted by molar-refractivity contribution is 0.887. The predicted octanol–water partition coefficient (Wildman–Crippen LogP) is 2.23. The average molecular weight is 238 g/mol. The van der Waals surface area contributed by atoms with E-state index in [1.54, 1.807) is 6.20 Å². The van der Waals surface area contributed by atoms with E-state index >= 15 is 0 Å². The SMILES string of the molecule is CN(Cc1cccnc1)c1n[nH]c(=S)s1. The Hall–Kier alpha value is -1.27. The number of hydrogen-bond acceptors (Lipinski definition) is 5. The molecule has 0 bridgehead atoms. The van der Waals surface area contributed by atoms with E-state index in [0.717, 1.165) is 17.2 Å². The lowest BCUT2D eigenvalue weighted by atomic mass is 10.3. The summed E-state index contributed by atoms with van der Waals surface area (Å²) in [5.74, 6) is 0. The number of rotatable bonds is 3. The number of anilines is 1. The molecule has 2 aromatic heterocycles. The van der Waals surface area contributed by atoms with Crippen molar-refractivity contribution in [2.45, 2.75) is 6.54 Å². The van der Waals surface area contributed by atoms with Crippen molar-refractivity contribution in [3.63, 3.8) is 0 Å². The zero-order valence-corrected chi connectivity index (χ0v) is 9.81. The third-order valence-electron chi connectivity index (χ3n) is 1.90. The quantitative estimate of drug-likeness (QED) is 0.833. The molecule has 0 atom stereocenters. The van der Waals surface area contributed by atoms with Crippen molar-refractivity contribution >= 4 is 28.7 Å². The Labute approximate surface area is 96.6 Å². The zero-order valence-electron chi connectivity index (χ0n) is 8.17. The van der Waals surface area contributed by atoms with Crippen LogP contribution in [0.2, 0.25) is 0 Å². The molecule has 0 aliphatic carbocycles. The minimum absolute atomic E-state index is 0.697. The van der Waals surface area contributed by atoms with Crippen molar-refractivity contribution in [3.05, 3.63) is 34.0 Å². The highest BCUT2D eigenvalue weighted by molar-refractivity contribution is 7.73. The Morgan fingerprint density at radius 2 is 2.47 bits per heavy atom. The van der Waals surface area contributed by atoms with Gasteiger partial charge in [0.2, 0.25) is 5.13 Å². The zero-order chi connectivity index (χ0) is 10.7. The number of pyridine rings is 1. The average Bonchev–Trinajstić information content (AvgIpc) is 2.66. The summed E-state index contributed by atoms with van der Waals surface area (Å²) in [6, 6.07) is 3.96. The molecule has 0 unspecified atom stereocenters. The van der Waals surface area contributed by atoms with Gasteiger partial charge in [0.25, 0.3) is 0 Å². The van der Waals surface area contributed by atoms with Gasteiger partial charge in [-0.2, -0.15) is 0 Å². The van der Waals surface area contributed by atoms with Crippen LogP contribution < -0.4 is 4.90 Å². The first kappa shape index (κ1) is 10.3. The lowest BCUT2D eigenvalue weighted by Gasteiger charge is -2.14. The van der Waals surface area contributed by atoms with Crippen LogP contribution in [0.1, 0.15) is 5.56 Å². The van der Waals surface area contributed by atoms with E-state index in [0.29, 0.717) is 3.95 Å². The molecule has 1 N–H and O–H groups in total. The summed E-state index contributed by atoms with van der Waals surface area (Å²) in [4.78, 5) is 6.10. The minimum Gasteiger partial charge on any atom is -0.345 e. The van der Waals surface area contributed by atoms with E-state index in [1.807, 2.05) is 30.3 Å². The van der Waals surface area contributed by atoms with Gasteiger partial charge in [-0.05, 0) is 23.8 Å². The van der Waals surface area contributed by atoms with Crippen LogP contribution in [-0.2, 0) is 6.54 Å². The van der Waals surface area contributed by atoms with Crippen LogP contribution >= 0.6 is 23.6 Å². The fourth-order valence-electron chi connectivity index (χ4n) is 1.22. The first-order valence-corrected chi connectivity index (χ1v) is 5.64. The molecule has 0 spiro atoms. The molecule has 0 aliphatic heterocycles. The molecule has 0 amide bonds. The summed E-state index contributed by atoms with van der Waals surface area (Å²) >= 11 is 6.45. The highest BCUT2D eigenvalue weighted by atomic mass is 32.1. The summed E-state index contributed by atoms with van der Waals surface area (Å²) in [5.41, 5.74) is 1.15. The first-order chi connectivity index (χ1) is 7.25. The summed E-state index contributed by atoms with van der Waals surface area (Å²) in [7, 11) is 1.98. The summed E-state index contributed by atoms with van der Waals surface area (Å²) in [5, 5.41) is 7.76. The van der Waals surface area contributed by atoms with Crippen LogP contribution in [0, 0.1) is 3.95 Å². The maximum Gasteiger partial charge on any atom is 0.206 e. The number of nitrogens with one attached hydrogen (secondary N) is 1. The molecule has 4 nitrogen and oxygen atoms in total. The van der Waals surface area contributed by atoms with E-state index < -0.39 is 0 Å². The summed E-state index contributed by atoms with van der Waals surface area (Å²) in [6.45, 7) is 0.782. The maximum absolute atomic E-state index is 4.98. The van der Waals surface area contributed by atoms with Gasteiger partial charge in [-0.15, -0.1) is 5.10 Å². The third-order valence-corrected chi connectivity index (χ3v) is 3.10. The Balaban J connectivity index is 2.10. The first-order valence-electron chi connectivity index (χ1n) is 4.41. The largest absolute Gasteiger partial charge is 0.345 e. The molecule has 2 aromatic rings. The molecule has 6 heteroatoms. The van der Waals surface area contributed by atoms with Crippen molar-refractivity contribution in [2.24, 2.45) is 0 Å². The van der Waals surface area contributed by atoms with Gasteiger partial charge < -0.3 is 4.90 Å². The Kier molecular flexibility index (Phi) is 3.08. The van der Waals surface area contributed by atoms with Gasteiger partial charge in [0.05, 0.1) is 0 Å². The van der Waals surface area contributed by atoms with Crippen LogP contribution in [0.4, 0.5) is 5.13 Å². The number of aromatic nitrogens is 3. The van der Waals surface area contributed by atoms with Crippen molar-refractivity contribution in [1.82, 2.24) is 15.2 Å². The molecule has 2 heterocycles. The minimum atomic E-state index is 0.697. The number of nitrogens with zero attached hydrogens (tertiary/aromatic N) is 3. The van der Waals surface area contributed by atoms with Crippen LogP contribution in [0.25, 0.3) is 0 Å². The van der Waals surface area contributed by atoms with Gasteiger partial charge in [-0.3, -0.25) is 10.1 Å². The highest BCUT2D eigenvalue weighted by Crippen LogP contribution is 2.17. The molecular weight excluding hydrogens is 228 g/mol. The molecule has 0 saturated heterocycles. The van der Waals surface area contributed by atoms with Gasteiger partial charge in [0.1, 0.15) is 0 Å². The summed E-state index contributed by atoms with van der Waals surface area (Å²) < 4.78 is 0.697. The predicted molar refractivity (Wildman–Crippen MR) is 63.6 cm³/mol. The molecule has 0 saturated carbocycles. The maximum atomic E-state index is 4.98. The molecule has 0 fully saturated rings. The van der Waals surface area contributed by atoms with Crippen molar-refractivity contribution in [1.29, 1.82) is 0 Å². The molecule has 78 valence electrons. The van der Waals surface area contributed by atoms with Gasteiger partial charge in [0.15, 0.2) is 3.95 Å². The van der Waals surface area contributed by atoms with Crippen LogP contribution in [0.3, 0.4) is 0 Å². The van der Waals surface area contributed by atoms with Gasteiger partial charge in [0, 0.05) is 26.0 Å². The van der Waals surface area contributed by atoms with E-state index in [9.17, 15) is 0 Å². The van der Waals surface area contributed by atoms with Crippen LogP contribution in [0.5, 0.6) is 0 Å². The molecule has 2 rings (SSSR count). The smallest absolute Gasteiger partial charge is 0.206 e.